The van der Waals surface area contributed by atoms with Crippen LogP contribution in [0.3, 0.4) is 0 Å². The molecule has 20 heavy (non-hydrogen) atoms. The van der Waals surface area contributed by atoms with Gasteiger partial charge < -0.3 is 9.47 Å². The number of methoxy groups -OCH3 is 1. The number of hydrogen-bond acceptors (Lipinski definition) is 3. The normalized spacial score (nSPS) is 9.85. The quantitative estimate of drug-likeness (QED) is 0.749. The van der Waals surface area contributed by atoms with Crippen molar-refractivity contribution < 1.29 is 14.3 Å². The van der Waals surface area contributed by atoms with Crippen molar-refractivity contribution >= 4 is 12.4 Å². The van der Waals surface area contributed by atoms with E-state index >= 15 is 0 Å². The Morgan fingerprint density at radius 1 is 1.10 bits per heavy atom. The van der Waals surface area contributed by atoms with Crippen molar-refractivity contribution in [3.8, 4) is 11.5 Å². The SMILES string of the molecule is C=Cc1cc(OCc2ccccc2)c(OC)cc1C=O. The molecule has 0 radical (unpaired) electrons. The molecule has 2 aromatic carbocycles. The lowest BCUT2D eigenvalue weighted by molar-refractivity contribution is 0.112. The molecule has 0 amide bonds. The van der Waals surface area contributed by atoms with Gasteiger partial charge in [-0.25, -0.2) is 0 Å². The Labute approximate surface area is 118 Å². The van der Waals surface area contributed by atoms with Crippen molar-refractivity contribution in [2.24, 2.45) is 0 Å². The van der Waals surface area contributed by atoms with Crippen LogP contribution in [0, 0.1) is 0 Å². The summed E-state index contributed by atoms with van der Waals surface area (Å²) in [5, 5.41) is 0. The first kappa shape index (κ1) is 13.9. The lowest BCUT2D eigenvalue weighted by atomic mass is 10.1. The van der Waals surface area contributed by atoms with E-state index in [0.29, 0.717) is 23.7 Å². The van der Waals surface area contributed by atoms with Gasteiger partial charge in [0.15, 0.2) is 17.8 Å². The third-order valence-corrected chi connectivity index (χ3v) is 2.95. The summed E-state index contributed by atoms with van der Waals surface area (Å²) in [7, 11) is 1.55. The molecular weight excluding hydrogens is 252 g/mol. The fourth-order valence-electron chi connectivity index (χ4n) is 1.88. The molecule has 0 aliphatic heterocycles. The van der Waals surface area contributed by atoms with Gasteiger partial charge in [0.05, 0.1) is 7.11 Å². The van der Waals surface area contributed by atoms with Gasteiger partial charge in [0, 0.05) is 5.56 Å². The molecule has 0 heterocycles. The lowest BCUT2D eigenvalue weighted by Gasteiger charge is -2.13. The maximum atomic E-state index is 11.0. The van der Waals surface area contributed by atoms with Crippen molar-refractivity contribution in [1.29, 1.82) is 0 Å². The van der Waals surface area contributed by atoms with Crippen LogP contribution in [-0.4, -0.2) is 13.4 Å². The van der Waals surface area contributed by atoms with E-state index < -0.39 is 0 Å². The molecule has 2 aromatic rings. The Morgan fingerprint density at radius 2 is 1.80 bits per heavy atom. The van der Waals surface area contributed by atoms with Crippen LogP contribution < -0.4 is 9.47 Å². The van der Waals surface area contributed by atoms with Crippen LogP contribution in [0.1, 0.15) is 21.5 Å². The summed E-state index contributed by atoms with van der Waals surface area (Å²) in [6.45, 7) is 4.14. The van der Waals surface area contributed by atoms with Gasteiger partial charge in [-0.15, -0.1) is 0 Å². The van der Waals surface area contributed by atoms with Crippen LogP contribution in [0.2, 0.25) is 0 Å². The van der Waals surface area contributed by atoms with Gasteiger partial charge in [0.25, 0.3) is 0 Å². The van der Waals surface area contributed by atoms with Crippen molar-refractivity contribution in [1.82, 2.24) is 0 Å². The van der Waals surface area contributed by atoms with E-state index in [1.165, 1.54) is 0 Å². The second-order valence-corrected chi connectivity index (χ2v) is 4.23. The second-order valence-electron chi connectivity index (χ2n) is 4.23. The van der Waals surface area contributed by atoms with E-state index in [4.69, 9.17) is 9.47 Å². The van der Waals surface area contributed by atoms with Gasteiger partial charge in [-0.05, 0) is 23.3 Å². The first-order chi connectivity index (χ1) is 9.78. The second kappa shape index (κ2) is 6.57. The van der Waals surface area contributed by atoms with Gasteiger partial charge in [-0.1, -0.05) is 43.0 Å². The molecule has 3 heteroatoms. The Balaban J connectivity index is 2.26. The van der Waals surface area contributed by atoms with Crippen LogP contribution in [-0.2, 0) is 6.61 Å². The van der Waals surface area contributed by atoms with Gasteiger partial charge in [0.2, 0.25) is 0 Å². The largest absolute Gasteiger partial charge is 0.493 e. The van der Waals surface area contributed by atoms with E-state index in [1.807, 2.05) is 30.3 Å². The van der Waals surface area contributed by atoms with Crippen LogP contribution in [0.4, 0.5) is 0 Å². The molecule has 0 bridgehead atoms. The highest BCUT2D eigenvalue weighted by molar-refractivity contribution is 5.83. The summed E-state index contributed by atoms with van der Waals surface area (Å²) >= 11 is 0. The molecule has 0 saturated carbocycles. The Kier molecular flexibility index (Phi) is 4.56. The molecule has 0 unspecified atom stereocenters. The molecule has 0 saturated heterocycles. The molecular formula is C17H16O3. The van der Waals surface area contributed by atoms with Crippen LogP contribution in [0.15, 0.2) is 49.0 Å². The van der Waals surface area contributed by atoms with Crippen LogP contribution in [0.5, 0.6) is 11.5 Å². The van der Waals surface area contributed by atoms with Gasteiger partial charge in [0.1, 0.15) is 6.61 Å². The van der Waals surface area contributed by atoms with Crippen molar-refractivity contribution in [3.05, 3.63) is 65.7 Å². The summed E-state index contributed by atoms with van der Waals surface area (Å²) in [5.41, 5.74) is 2.32. The first-order valence-corrected chi connectivity index (χ1v) is 6.25. The number of benzene rings is 2. The number of aldehydes is 1. The predicted octanol–water partition coefficient (Wildman–Crippen LogP) is 3.73. The summed E-state index contributed by atoms with van der Waals surface area (Å²) in [4.78, 5) is 11.0. The summed E-state index contributed by atoms with van der Waals surface area (Å²) < 4.78 is 11.0. The standard InChI is InChI=1S/C17H16O3/c1-3-14-9-17(16(19-2)10-15(14)11-18)20-12-13-7-5-4-6-8-13/h3-11H,1,12H2,2H3. The van der Waals surface area contributed by atoms with E-state index in [-0.39, 0.29) is 0 Å². The Bertz CT molecular complexity index is 603. The fourth-order valence-corrected chi connectivity index (χ4v) is 1.88. The molecule has 3 nitrogen and oxygen atoms in total. The molecule has 102 valence electrons. The summed E-state index contributed by atoms with van der Waals surface area (Å²) in [6, 6.07) is 13.3. The van der Waals surface area contributed by atoms with Gasteiger partial charge in [-0.2, -0.15) is 0 Å². The maximum Gasteiger partial charge on any atom is 0.162 e. The molecule has 0 N–H and O–H groups in total. The molecule has 2 rings (SSSR count). The third-order valence-electron chi connectivity index (χ3n) is 2.95. The third kappa shape index (κ3) is 3.06. The van der Waals surface area contributed by atoms with Crippen molar-refractivity contribution in [2.45, 2.75) is 6.61 Å². The van der Waals surface area contributed by atoms with E-state index in [1.54, 1.807) is 25.3 Å². The van der Waals surface area contributed by atoms with E-state index in [2.05, 4.69) is 6.58 Å². The minimum absolute atomic E-state index is 0.439. The first-order valence-electron chi connectivity index (χ1n) is 6.25. The van der Waals surface area contributed by atoms with Crippen molar-refractivity contribution in [2.75, 3.05) is 7.11 Å². The number of hydrogen-bond donors (Lipinski definition) is 0. The zero-order valence-electron chi connectivity index (χ0n) is 11.3. The lowest BCUT2D eigenvalue weighted by Crippen LogP contribution is -1.99. The van der Waals surface area contributed by atoms with Crippen molar-refractivity contribution in [3.63, 3.8) is 0 Å². The molecule has 0 aromatic heterocycles. The van der Waals surface area contributed by atoms with E-state index in [0.717, 1.165) is 17.4 Å². The highest BCUT2D eigenvalue weighted by Crippen LogP contribution is 2.31. The highest BCUT2D eigenvalue weighted by atomic mass is 16.5. The minimum atomic E-state index is 0.439. The fraction of sp³-hybridized carbons (Fsp3) is 0.118. The number of carbonyl (C=O) groups is 1. The van der Waals surface area contributed by atoms with Crippen LogP contribution in [0.25, 0.3) is 6.08 Å². The van der Waals surface area contributed by atoms with Gasteiger partial charge >= 0.3 is 0 Å². The topological polar surface area (TPSA) is 35.5 Å². The maximum absolute atomic E-state index is 11.0. The zero-order valence-corrected chi connectivity index (χ0v) is 11.3. The average Bonchev–Trinajstić information content (AvgIpc) is 2.52. The molecule has 0 aliphatic carbocycles. The predicted molar refractivity (Wildman–Crippen MR) is 79.2 cm³/mol. The number of ether oxygens (including phenoxy) is 2. The molecule has 0 spiro atoms. The summed E-state index contributed by atoms with van der Waals surface area (Å²) in [6.07, 6.45) is 2.40. The monoisotopic (exact) mass is 268 g/mol. The number of carbonyl (C=O) groups excluding carboxylic acids is 1. The molecule has 0 atom stereocenters. The molecule has 0 fully saturated rings. The Morgan fingerprint density at radius 3 is 2.40 bits per heavy atom. The van der Waals surface area contributed by atoms with Gasteiger partial charge in [-0.3, -0.25) is 4.79 Å². The molecule has 0 aliphatic rings. The van der Waals surface area contributed by atoms with E-state index in [9.17, 15) is 4.79 Å². The highest BCUT2D eigenvalue weighted by Gasteiger charge is 2.10. The Hall–Kier alpha value is -2.55. The minimum Gasteiger partial charge on any atom is -0.493 e. The average molecular weight is 268 g/mol. The number of rotatable bonds is 6. The zero-order chi connectivity index (χ0) is 14.4. The summed E-state index contributed by atoms with van der Waals surface area (Å²) in [5.74, 6) is 1.13. The smallest absolute Gasteiger partial charge is 0.162 e. The van der Waals surface area contributed by atoms with Crippen LogP contribution >= 0.6 is 0 Å².